The van der Waals surface area contributed by atoms with Gasteiger partial charge in [-0.1, -0.05) is 17.3 Å². The van der Waals surface area contributed by atoms with E-state index in [1.807, 2.05) is 24.3 Å². The van der Waals surface area contributed by atoms with E-state index in [9.17, 15) is 5.11 Å². The van der Waals surface area contributed by atoms with Crippen LogP contribution in [0.2, 0.25) is 0 Å². The zero-order valence-electron chi connectivity index (χ0n) is 14.8. The van der Waals surface area contributed by atoms with Crippen molar-refractivity contribution in [2.24, 2.45) is 0 Å². The van der Waals surface area contributed by atoms with E-state index in [0.717, 1.165) is 57.4 Å². The van der Waals surface area contributed by atoms with Crippen molar-refractivity contribution in [3.63, 3.8) is 0 Å². The molecule has 0 fully saturated rings. The van der Waals surface area contributed by atoms with Crippen LogP contribution in [0.3, 0.4) is 0 Å². The minimum Gasteiger partial charge on any atom is -0.507 e. The topological polar surface area (TPSA) is 61.8 Å². The smallest absolute Gasteiger partial charge is 0.132 e. The number of aromatic hydroxyl groups is 1. The Kier molecular flexibility index (Phi) is 4.28. The van der Waals surface area contributed by atoms with Crippen LogP contribution in [0, 0.1) is 6.92 Å². The maximum atomic E-state index is 10.9. The number of H-pyrrole nitrogens is 1. The number of aromatic amines is 1. The van der Waals surface area contributed by atoms with E-state index >= 15 is 0 Å². The third-order valence-corrected chi connectivity index (χ3v) is 5.06. The molecule has 3 rings (SSSR count). The lowest BCUT2D eigenvalue weighted by atomic mass is 9.97. The van der Waals surface area contributed by atoms with E-state index in [2.05, 4.69) is 49.3 Å². The first kappa shape index (κ1) is 16.5. The second kappa shape index (κ2) is 6.24. The number of hydrogen-bond acceptors (Lipinski definition) is 3. The van der Waals surface area contributed by atoms with Crippen LogP contribution in [0.4, 0.5) is 0 Å². The van der Waals surface area contributed by atoms with Gasteiger partial charge in [0, 0.05) is 16.7 Å². The van der Waals surface area contributed by atoms with Crippen molar-refractivity contribution >= 4 is 11.0 Å². The molecular weight excluding hydrogens is 300 g/mol. The lowest BCUT2D eigenvalue weighted by Gasteiger charge is -2.32. The molecule has 3 aromatic rings. The molecule has 24 heavy (non-hydrogen) atoms. The van der Waals surface area contributed by atoms with E-state index in [1.54, 1.807) is 0 Å². The quantitative estimate of drug-likeness (QED) is 0.704. The van der Waals surface area contributed by atoms with Crippen molar-refractivity contribution in [3.8, 4) is 16.9 Å². The van der Waals surface area contributed by atoms with Gasteiger partial charge in [-0.15, -0.1) is 5.10 Å². The van der Waals surface area contributed by atoms with Crippen molar-refractivity contribution in [3.05, 3.63) is 41.5 Å². The SMILES string of the molecule is CC[N+](C)(CC)Cc1cc(C)cc(-c2cccc3[nH]nnc23)c1O. The number of phenolic OH excluding ortho intramolecular Hbond substituents is 1. The molecule has 2 N–H and O–H groups in total. The summed E-state index contributed by atoms with van der Waals surface area (Å²) in [6, 6.07) is 9.98. The van der Waals surface area contributed by atoms with Crippen molar-refractivity contribution < 1.29 is 9.59 Å². The molecule has 2 aromatic carbocycles. The molecule has 5 heteroatoms. The molecule has 0 saturated carbocycles. The van der Waals surface area contributed by atoms with Gasteiger partial charge in [-0.05, 0) is 44.5 Å². The Morgan fingerprint density at radius 1 is 1.12 bits per heavy atom. The van der Waals surface area contributed by atoms with E-state index < -0.39 is 0 Å². The van der Waals surface area contributed by atoms with Crippen molar-refractivity contribution in [2.45, 2.75) is 27.3 Å². The van der Waals surface area contributed by atoms with Gasteiger partial charge in [0.25, 0.3) is 0 Å². The highest BCUT2D eigenvalue weighted by atomic mass is 16.3. The van der Waals surface area contributed by atoms with Crippen LogP contribution in [0.1, 0.15) is 25.0 Å². The molecule has 0 spiro atoms. The minimum absolute atomic E-state index is 0.349. The maximum absolute atomic E-state index is 10.9. The average molecular weight is 325 g/mol. The zero-order chi connectivity index (χ0) is 17.3. The molecule has 0 aliphatic heterocycles. The monoisotopic (exact) mass is 325 g/mol. The van der Waals surface area contributed by atoms with Crippen LogP contribution in [-0.4, -0.2) is 45.1 Å². The largest absolute Gasteiger partial charge is 0.507 e. The number of phenols is 1. The van der Waals surface area contributed by atoms with Crippen LogP contribution >= 0.6 is 0 Å². The second-order valence-electron chi connectivity index (χ2n) is 6.74. The molecule has 0 bridgehead atoms. The van der Waals surface area contributed by atoms with E-state index in [4.69, 9.17) is 0 Å². The maximum Gasteiger partial charge on any atom is 0.132 e. The summed E-state index contributed by atoms with van der Waals surface area (Å²) in [4.78, 5) is 0. The lowest BCUT2D eigenvalue weighted by molar-refractivity contribution is -0.919. The van der Waals surface area contributed by atoms with E-state index in [0.29, 0.717) is 5.75 Å². The fourth-order valence-electron chi connectivity index (χ4n) is 3.13. The molecule has 0 aliphatic carbocycles. The first-order chi connectivity index (χ1) is 11.5. The number of aryl methyl sites for hydroxylation is 1. The summed E-state index contributed by atoms with van der Waals surface area (Å²) in [7, 11) is 2.22. The molecule has 0 radical (unpaired) electrons. The zero-order valence-corrected chi connectivity index (χ0v) is 14.8. The third kappa shape index (κ3) is 2.87. The summed E-state index contributed by atoms with van der Waals surface area (Å²) in [5.41, 5.74) is 5.51. The van der Waals surface area contributed by atoms with Gasteiger partial charge in [-0.2, -0.15) is 0 Å². The van der Waals surface area contributed by atoms with Crippen LogP contribution in [0.15, 0.2) is 30.3 Å². The number of nitrogens with zero attached hydrogens (tertiary/aromatic N) is 3. The second-order valence-corrected chi connectivity index (χ2v) is 6.74. The number of quaternary nitrogens is 1. The number of hydrogen-bond donors (Lipinski definition) is 2. The molecule has 126 valence electrons. The van der Waals surface area contributed by atoms with Gasteiger partial charge in [0.15, 0.2) is 0 Å². The minimum atomic E-state index is 0.349. The Morgan fingerprint density at radius 2 is 1.88 bits per heavy atom. The highest BCUT2D eigenvalue weighted by Gasteiger charge is 2.22. The Morgan fingerprint density at radius 3 is 2.58 bits per heavy atom. The highest BCUT2D eigenvalue weighted by Crippen LogP contribution is 2.37. The van der Waals surface area contributed by atoms with Gasteiger partial charge < -0.3 is 9.59 Å². The van der Waals surface area contributed by atoms with Gasteiger partial charge >= 0.3 is 0 Å². The van der Waals surface area contributed by atoms with Gasteiger partial charge in [-0.25, -0.2) is 0 Å². The fraction of sp³-hybridized carbons (Fsp3) is 0.368. The molecule has 0 unspecified atom stereocenters. The van der Waals surface area contributed by atoms with E-state index in [-0.39, 0.29) is 0 Å². The van der Waals surface area contributed by atoms with Crippen LogP contribution in [0.5, 0.6) is 5.75 Å². The summed E-state index contributed by atoms with van der Waals surface area (Å²) in [5.74, 6) is 0.349. The molecule has 1 aromatic heterocycles. The standard InChI is InChI=1S/C19H24N4O/c1-5-23(4,6-2)12-14-10-13(3)11-16(19(14)24)15-8-7-9-17-18(15)21-22-20-17/h7-11H,5-6,12H2,1-4H3,(H-,20,21,22,24)/p+1. The predicted octanol–water partition coefficient (Wildman–Crippen LogP) is 3.63. The normalized spacial score (nSPS) is 12.0. The lowest BCUT2D eigenvalue weighted by Crippen LogP contribution is -2.42. The summed E-state index contributed by atoms with van der Waals surface area (Å²) >= 11 is 0. The Hall–Kier alpha value is -2.40. The average Bonchev–Trinajstić information content (AvgIpc) is 3.06. The molecule has 1 heterocycles. The van der Waals surface area contributed by atoms with Crippen molar-refractivity contribution in [1.29, 1.82) is 0 Å². The Labute approximate surface area is 142 Å². The number of benzene rings is 2. The van der Waals surface area contributed by atoms with Crippen LogP contribution in [0.25, 0.3) is 22.2 Å². The first-order valence-corrected chi connectivity index (χ1v) is 8.43. The summed E-state index contributed by atoms with van der Waals surface area (Å²) in [5, 5.41) is 21.9. The molecule has 0 amide bonds. The number of rotatable bonds is 5. The third-order valence-electron chi connectivity index (χ3n) is 5.06. The summed E-state index contributed by atoms with van der Waals surface area (Å²) in [6.45, 7) is 9.30. The molecule has 5 nitrogen and oxygen atoms in total. The van der Waals surface area contributed by atoms with Gasteiger partial charge in [0.1, 0.15) is 17.8 Å². The summed E-state index contributed by atoms with van der Waals surface area (Å²) < 4.78 is 0.893. The Bertz CT molecular complexity index is 865. The molecule has 0 atom stereocenters. The fourth-order valence-corrected chi connectivity index (χ4v) is 3.13. The van der Waals surface area contributed by atoms with Gasteiger partial charge in [-0.3, -0.25) is 5.10 Å². The van der Waals surface area contributed by atoms with Crippen molar-refractivity contribution in [1.82, 2.24) is 15.4 Å². The van der Waals surface area contributed by atoms with Gasteiger partial charge in [0.05, 0.1) is 25.7 Å². The van der Waals surface area contributed by atoms with Crippen LogP contribution < -0.4 is 0 Å². The summed E-state index contributed by atoms with van der Waals surface area (Å²) in [6.07, 6.45) is 0. The highest BCUT2D eigenvalue weighted by molar-refractivity contribution is 5.93. The number of aromatic nitrogens is 3. The number of fused-ring (bicyclic) bond motifs is 1. The number of nitrogens with one attached hydrogen (secondary N) is 1. The first-order valence-electron chi connectivity index (χ1n) is 8.43. The molecule has 0 aliphatic rings. The Balaban J connectivity index is 2.15. The molecular formula is C19H25N4O+. The van der Waals surface area contributed by atoms with Crippen LogP contribution in [-0.2, 0) is 6.54 Å². The van der Waals surface area contributed by atoms with E-state index in [1.165, 1.54) is 0 Å². The van der Waals surface area contributed by atoms with Crippen molar-refractivity contribution in [2.75, 3.05) is 20.1 Å². The molecule has 0 saturated heterocycles. The predicted molar refractivity (Wildman–Crippen MR) is 96.7 cm³/mol. The van der Waals surface area contributed by atoms with Gasteiger partial charge in [0.2, 0.25) is 0 Å².